The molecular formula is C12H19NO3S2. The fourth-order valence-corrected chi connectivity index (χ4v) is 3.95. The quantitative estimate of drug-likeness (QED) is 0.754. The summed E-state index contributed by atoms with van der Waals surface area (Å²) in [5.41, 5.74) is 0. The Balaban J connectivity index is 2.93. The van der Waals surface area contributed by atoms with Crippen LogP contribution in [0, 0.1) is 5.92 Å². The molecule has 0 saturated heterocycles. The molecule has 1 rings (SSSR count). The maximum atomic E-state index is 12.1. The van der Waals surface area contributed by atoms with Gasteiger partial charge < -0.3 is 5.11 Å². The lowest BCUT2D eigenvalue weighted by Gasteiger charge is -2.26. The van der Waals surface area contributed by atoms with Gasteiger partial charge in [0.1, 0.15) is 4.21 Å². The molecule has 1 heterocycles. The van der Waals surface area contributed by atoms with Gasteiger partial charge in [-0.15, -0.1) is 17.9 Å². The van der Waals surface area contributed by atoms with Crippen LogP contribution < -0.4 is 4.72 Å². The molecule has 2 N–H and O–H groups in total. The van der Waals surface area contributed by atoms with Crippen molar-refractivity contribution in [3.8, 4) is 0 Å². The standard InChI is InChI=1S/C12H19NO3S2/c1-4-9(3)12(10(14)5-2)13-18(15,16)11-7-6-8-17-11/h5-10,12-14H,2,4H2,1,3H3/t9-,10?,12?/m0/s1. The van der Waals surface area contributed by atoms with Crippen LogP contribution in [0.3, 0.4) is 0 Å². The van der Waals surface area contributed by atoms with Crippen molar-refractivity contribution in [3.63, 3.8) is 0 Å². The third kappa shape index (κ3) is 3.65. The molecule has 2 unspecified atom stereocenters. The van der Waals surface area contributed by atoms with Gasteiger partial charge in [0.05, 0.1) is 12.1 Å². The lowest BCUT2D eigenvalue weighted by molar-refractivity contribution is 0.153. The van der Waals surface area contributed by atoms with Gasteiger partial charge in [-0.25, -0.2) is 13.1 Å². The molecule has 1 aromatic rings. The van der Waals surface area contributed by atoms with Gasteiger partial charge in [0.25, 0.3) is 0 Å². The van der Waals surface area contributed by atoms with E-state index in [1.54, 1.807) is 17.5 Å². The van der Waals surface area contributed by atoms with Gasteiger partial charge in [-0.2, -0.15) is 0 Å². The van der Waals surface area contributed by atoms with Gasteiger partial charge in [-0.05, 0) is 17.4 Å². The highest BCUT2D eigenvalue weighted by Crippen LogP contribution is 2.19. The van der Waals surface area contributed by atoms with Crippen molar-refractivity contribution in [2.75, 3.05) is 0 Å². The topological polar surface area (TPSA) is 66.4 Å². The molecule has 0 radical (unpaired) electrons. The number of hydrogen-bond donors (Lipinski definition) is 2. The second-order valence-electron chi connectivity index (χ2n) is 4.19. The van der Waals surface area contributed by atoms with E-state index in [4.69, 9.17) is 0 Å². The number of sulfonamides is 1. The Hall–Kier alpha value is -0.690. The molecule has 0 bridgehead atoms. The maximum Gasteiger partial charge on any atom is 0.250 e. The van der Waals surface area contributed by atoms with Crippen LogP contribution in [-0.4, -0.2) is 25.7 Å². The Morgan fingerprint density at radius 1 is 1.61 bits per heavy atom. The summed E-state index contributed by atoms with van der Waals surface area (Å²) < 4.78 is 27.0. The van der Waals surface area contributed by atoms with Crippen LogP contribution in [0.1, 0.15) is 20.3 Å². The van der Waals surface area contributed by atoms with Gasteiger partial charge >= 0.3 is 0 Å². The second-order valence-corrected chi connectivity index (χ2v) is 7.08. The number of aliphatic hydroxyl groups is 1. The molecule has 0 aliphatic rings. The third-order valence-electron chi connectivity index (χ3n) is 2.92. The van der Waals surface area contributed by atoms with Gasteiger partial charge in [0, 0.05) is 0 Å². The first kappa shape index (κ1) is 15.4. The summed E-state index contributed by atoms with van der Waals surface area (Å²) >= 11 is 1.15. The first-order chi connectivity index (χ1) is 8.42. The molecule has 1 aromatic heterocycles. The highest BCUT2D eigenvalue weighted by atomic mass is 32.2. The summed E-state index contributed by atoms with van der Waals surface area (Å²) in [5.74, 6) is 0.0211. The Labute approximate surface area is 112 Å². The molecule has 0 fully saturated rings. The molecule has 0 aromatic carbocycles. The minimum atomic E-state index is -3.57. The zero-order chi connectivity index (χ0) is 13.8. The predicted molar refractivity (Wildman–Crippen MR) is 74.1 cm³/mol. The zero-order valence-electron chi connectivity index (χ0n) is 10.5. The second kappa shape index (κ2) is 6.47. The smallest absolute Gasteiger partial charge is 0.250 e. The molecule has 0 aliphatic heterocycles. The van der Waals surface area contributed by atoms with Crippen molar-refractivity contribution in [3.05, 3.63) is 30.2 Å². The van der Waals surface area contributed by atoms with Gasteiger partial charge in [0.2, 0.25) is 10.0 Å². The molecule has 6 heteroatoms. The van der Waals surface area contributed by atoms with E-state index < -0.39 is 22.2 Å². The summed E-state index contributed by atoms with van der Waals surface area (Å²) in [6.45, 7) is 7.36. The zero-order valence-corrected chi connectivity index (χ0v) is 12.2. The Bertz CT molecular complexity index is 468. The Kier molecular flexibility index (Phi) is 5.52. The molecular weight excluding hydrogens is 270 g/mol. The van der Waals surface area contributed by atoms with Gasteiger partial charge in [0.15, 0.2) is 0 Å². The van der Waals surface area contributed by atoms with E-state index in [2.05, 4.69) is 11.3 Å². The Morgan fingerprint density at radius 3 is 2.72 bits per heavy atom. The van der Waals surface area contributed by atoms with Crippen LogP contribution in [0.25, 0.3) is 0 Å². The summed E-state index contributed by atoms with van der Waals surface area (Å²) in [5, 5.41) is 11.5. The molecule has 0 spiro atoms. The summed E-state index contributed by atoms with van der Waals surface area (Å²) in [7, 11) is -3.57. The summed E-state index contributed by atoms with van der Waals surface area (Å²) in [6, 6.07) is 2.67. The largest absolute Gasteiger partial charge is 0.387 e. The van der Waals surface area contributed by atoms with Crippen molar-refractivity contribution < 1.29 is 13.5 Å². The van der Waals surface area contributed by atoms with Crippen molar-refractivity contribution >= 4 is 21.4 Å². The third-order valence-corrected chi connectivity index (χ3v) is 5.77. The summed E-state index contributed by atoms with van der Waals surface area (Å²) in [6.07, 6.45) is 1.23. The van der Waals surface area contributed by atoms with Crippen LogP contribution in [0.4, 0.5) is 0 Å². The number of nitrogens with one attached hydrogen (secondary N) is 1. The van der Waals surface area contributed by atoms with Gasteiger partial charge in [-0.1, -0.05) is 32.4 Å². The van der Waals surface area contributed by atoms with Crippen LogP contribution >= 0.6 is 11.3 Å². The van der Waals surface area contributed by atoms with Crippen molar-refractivity contribution in [2.24, 2.45) is 5.92 Å². The highest BCUT2D eigenvalue weighted by molar-refractivity contribution is 7.91. The van der Waals surface area contributed by atoms with E-state index >= 15 is 0 Å². The number of aliphatic hydroxyl groups excluding tert-OH is 1. The normalized spacial score (nSPS) is 17.1. The fraction of sp³-hybridized carbons (Fsp3) is 0.500. The summed E-state index contributed by atoms with van der Waals surface area (Å²) in [4.78, 5) is 0. The first-order valence-corrected chi connectivity index (χ1v) is 8.15. The van der Waals surface area contributed by atoms with E-state index in [-0.39, 0.29) is 10.1 Å². The SMILES string of the molecule is C=CC(O)C(NS(=O)(=O)c1cccs1)[C@@H](C)CC. The van der Waals surface area contributed by atoms with Crippen LogP contribution in [0.15, 0.2) is 34.4 Å². The Morgan fingerprint density at radius 2 is 2.28 bits per heavy atom. The number of thiophene rings is 1. The molecule has 4 nitrogen and oxygen atoms in total. The maximum absolute atomic E-state index is 12.1. The highest BCUT2D eigenvalue weighted by Gasteiger charge is 2.28. The molecule has 0 saturated carbocycles. The van der Waals surface area contributed by atoms with E-state index in [0.29, 0.717) is 0 Å². The van der Waals surface area contributed by atoms with Crippen LogP contribution in [0.2, 0.25) is 0 Å². The van der Waals surface area contributed by atoms with Crippen molar-refractivity contribution in [1.82, 2.24) is 4.72 Å². The van der Waals surface area contributed by atoms with E-state index in [1.807, 2.05) is 13.8 Å². The van der Waals surface area contributed by atoms with Crippen LogP contribution in [-0.2, 0) is 10.0 Å². The van der Waals surface area contributed by atoms with Crippen LogP contribution in [0.5, 0.6) is 0 Å². The monoisotopic (exact) mass is 289 g/mol. The van der Waals surface area contributed by atoms with E-state index in [0.717, 1.165) is 17.8 Å². The lowest BCUT2D eigenvalue weighted by atomic mass is 9.95. The molecule has 0 aliphatic carbocycles. The molecule has 18 heavy (non-hydrogen) atoms. The molecule has 102 valence electrons. The fourth-order valence-electron chi connectivity index (χ4n) is 1.58. The average molecular weight is 289 g/mol. The lowest BCUT2D eigenvalue weighted by Crippen LogP contribution is -2.46. The van der Waals surface area contributed by atoms with E-state index in [9.17, 15) is 13.5 Å². The van der Waals surface area contributed by atoms with Gasteiger partial charge in [-0.3, -0.25) is 0 Å². The minimum absolute atomic E-state index is 0.0211. The number of hydrogen-bond acceptors (Lipinski definition) is 4. The van der Waals surface area contributed by atoms with Crippen molar-refractivity contribution in [1.29, 1.82) is 0 Å². The average Bonchev–Trinajstić information content (AvgIpc) is 2.88. The molecule has 3 atom stereocenters. The van der Waals surface area contributed by atoms with E-state index in [1.165, 1.54) is 6.08 Å². The minimum Gasteiger partial charge on any atom is -0.387 e. The predicted octanol–water partition coefficient (Wildman–Crippen LogP) is 1.99. The molecule has 0 amide bonds. The number of rotatable bonds is 7. The van der Waals surface area contributed by atoms with Crippen molar-refractivity contribution in [2.45, 2.75) is 36.6 Å². The first-order valence-electron chi connectivity index (χ1n) is 5.78.